The summed E-state index contributed by atoms with van der Waals surface area (Å²) in [5, 5.41) is 26.4. The zero-order chi connectivity index (χ0) is 9.84. The molecule has 4 heteroatoms. The largest absolute Gasteiger partial charge is 0.504 e. The number of hydrogen-bond donors (Lipinski definition) is 3. The van der Waals surface area contributed by atoms with Crippen LogP contribution in [0.25, 0.3) is 0 Å². The Labute approximate surface area is 75.1 Å². The highest BCUT2D eigenvalue weighted by Crippen LogP contribution is 2.29. The van der Waals surface area contributed by atoms with Gasteiger partial charge in [-0.1, -0.05) is 6.07 Å². The summed E-state index contributed by atoms with van der Waals surface area (Å²) in [6.45, 7) is -0.0267. The van der Waals surface area contributed by atoms with Gasteiger partial charge in [0.1, 0.15) is 0 Å². The van der Waals surface area contributed by atoms with E-state index in [9.17, 15) is 4.39 Å². The van der Waals surface area contributed by atoms with E-state index in [1.54, 1.807) is 0 Å². The third kappa shape index (κ3) is 2.09. The van der Waals surface area contributed by atoms with Crippen molar-refractivity contribution in [3.8, 4) is 11.5 Å². The van der Waals surface area contributed by atoms with Gasteiger partial charge in [-0.2, -0.15) is 0 Å². The molecule has 0 aliphatic carbocycles. The number of aryl methyl sites for hydroxylation is 1. The second-order valence-corrected chi connectivity index (χ2v) is 2.73. The second-order valence-electron chi connectivity index (χ2n) is 2.73. The summed E-state index contributed by atoms with van der Waals surface area (Å²) in [4.78, 5) is 0. The third-order valence-electron chi connectivity index (χ3n) is 1.78. The molecule has 0 saturated heterocycles. The van der Waals surface area contributed by atoms with E-state index in [0.717, 1.165) is 0 Å². The summed E-state index contributed by atoms with van der Waals surface area (Å²) in [7, 11) is 0. The summed E-state index contributed by atoms with van der Waals surface area (Å²) in [6.07, 6.45) is 0.775. The molecule has 0 bridgehead atoms. The van der Waals surface area contributed by atoms with Crippen molar-refractivity contribution in [2.75, 3.05) is 6.61 Å². The van der Waals surface area contributed by atoms with Crippen LogP contribution in [0.15, 0.2) is 12.1 Å². The molecule has 3 nitrogen and oxygen atoms in total. The van der Waals surface area contributed by atoms with Crippen molar-refractivity contribution in [3.63, 3.8) is 0 Å². The molecule has 0 aliphatic heterocycles. The maximum Gasteiger partial charge on any atom is 0.194 e. The van der Waals surface area contributed by atoms with Gasteiger partial charge in [-0.25, -0.2) is 4.39 Å². The minimum absolute atomic E-state index is 0.0267. The number of rotatable bonds is 3. The van der Waals surface area contributed by atoms with Crippen LogP contribution in [0.4, 0.5) is 4.39 Å². The zero-order valence-electron chi connectivity index (χ0n) is 7.00. The number of aliphatic hydroxyl groups excluding tert-OH is 1. The standard InChI is InChI=1S/C9H11FO3/c10-8-6(2-1-5-11)3-4-7(12)9(8)13/h3-4,11-13H,1-2,5H2. The van der Waals surface area contributed by atoms with Crippen molar-refractivity contribution in [2.24, 2.45) is 0 Å². The first-order chi connectivity index (χ1) is 6.16. The molecule has 1 aromatic rings. The first-order valence-electron chi connectivity index (χ1n) is 3.97. The highest BCUT2D eigenvalue weighted by Gasteiger charge is 2.10. The Balaban J connectivity index is 2.90. The van der Waals surface area contributed by atoms with Crippen molar-refractivity contribution in [1.29, 1.82) is 0 Å². The Hall–Kier alpha value is -1.29. The highest BCUT2D eigenvalue weighted by atomic mass is 19.1. The number of phenolic OH excluding ortho intramolecular Hbond substituents is 2. The summed E-state index contributed by atoms with van der Waals surface area (Å²) >= 11 is 0. The predicted molar refractivity (Wildman–Crippen MR) is 45.1 cm³/mol. The van der Waals surface area contributed by atoms with Crippen molar-refractivity contribution in [1.82, 2.24) is 0 Å². The van der Waals surface area contributed by atoms with Crippen molar-refractivity contribution in [2.45, 2.75) is 12.8 Å². The SMILES string of the molecule is OCCCc1ccc(O)c(O)c1F. The molecule has 0 spiro atoms. The normalized spacial score (nSPS) is 10.3. The lowest BCUT2D eigenvalue weighted by Gasteiger charge is -2.04. The Bertz CT molecular complexity index is 299. The van der Waals surface area contributed by atoms with Gasteiger partial charge in [-0.05, 0) is 24.5 Å². The molecule has 0 atom stereocenters. The molecular formula is C9H11FO3. The summed E-state index contributed by atoms with van der Waals surface area (Å²) in [6, 6.07) is 2.62. The number of phenols is 2. The minimum atomic E-state index is -0.812. The number of aliphatic hydroxyl groups is 1. The van der Waals surface area contributed by atoms with E-state index in [1.165, 1.54) is 12.1 Å². The topological polar surface area (TPSA) is 60.7 Å². The van der Waals surface area contributed by atoms with Gasteiger partial charge in [0.05, 0.1) is 0 Å². The molecule has 0 heterocycles. The van der Waals surface area contributed by atoms with Gasteiger partial charge < -0.3 is 15.3 Å². The first kappa shape index (κ1) is 9.80. The lowest BCUT2D eigenvalue weighted by molar-refractivity contribution is 0.287. The third-order valence-corrected chi connectivity index (χ3v) is 1.78. The van der Waals surface area contributed by atoms with Crippen LogP contribution in [-0.4, -0.2) is 21.9 Å². The van der Waals surface area contributed by atoms with E-state index >= 15 is 0 Å². The van der Waals surface area contributed by atoms with Gasteiger partial charge in [0.15, 0.2) is 17.3 Å². The molecule has 72 valence electrons. The van der Waals surface area contributed by atoms with Crippen LogP contribution in [-0.2, 0) is 6.42 Å². The van der Waals surface area contributed by atoms with Gasteiger partial charge in [0.2, 0.25) is 0 Å². The Morgan fingerprint density at radius 2 is 1.92 bits per heavy atom. The maximum atomic E-state index is 13.1. The fourth-order valence-corrected chi connectivity index (χ4v) is 1.06. The van der Waals surface area contributed by atoms with Crippen LogP contribution in [0.2, 0.25) is 0 Å². The monoisotopic (exact) mass is 186 g/mol. The van der Waals surface area contributed by atoms with Gasteiger partial charge in [0.25, 0.3) is 0 Å². The van der Waals surface area contributed by atoms with E-state index in [1.807, 2.05) is 0 Å². The first-order valence-corrected chi connectivity index (χ1v) is 3.97. The van der Waals surface area contributed by atoms with E-state index in [2.05, 4.69) is 0 Å². The molecule has 1 rings (SSSR count). The van der Waals surface area contributed by atoms with E-state index in [-0.39, 0.29) is 6.61 Å². The van der Waals surface area contributed by atoms with Gasteiger partial charge in [-0.3, -0.25) is 0 Å². The smallest absolute Gasteiger partial charge is 0.194 e. The number of halogens is 1. The average Bonchev–Trinajstić information content (AvgIpc) is 2.13. The molecule has 0 saturated carbocycles. The van der Waals surface area contributed by atoms with Gasteiger partial charge in [-0.15, -0.1) is 0 Å². The molecule has 1 aromatic carbocycles. The average molecular weight is 186 g/mol. The van der Waals surface area contributed by atoms with Crippen molar-refractivity contribution < 1.29 is 19.7 Å². The molecule has 3 N–H and O–H groups in total. The van der Waals surface area contributed by atoms with Crippen LogP contribution >= 0.6 is 0 Å². The number of hydrogen-bond acceptors (Lipinski definition) is 3. The lowest BCUT2D eigenvalue weighted by atomic mass is 10.1. The fraction of sp³-hybridized carbons (Fsp3) is 0.333. The van der Waals surface area contributed by atoms with Crippen LogP contribution in [0, 0.1) is 5.82 Å². The molecule has 0 aliphatic rings. The fourth-order valence-electron chi connectivity index (χ4n) is 1.06. The molecule has 0 unspecified atom stereocenters. The van der Waals surface area contributed by atoms with E-state index in [4.69, 9.17) is 15.3 Å². The number of aromatic hydroxyl groups is 2. The highest BCUT2D eigenvalue weighted by molar-refractivity contribution is 5.42. The molecule has 0 fully saturated rings. The lowest BCUT2D eigenvalue weighted by Crippen LogP contribution is -1.93. The number of benzene rings is 1. The van der Waals surface area contributed by atoms with Crippen LogP contribution in [0.5, 0.6) is 11.5 Å². The second kappa shape index (κ2) is 4.09. The van der Waals surface area contributed by atoms with Gasteiger partial charge in [0, 0.05) is 6.61 Å². The van der Waals surface area contributed by atoms with Crippen LogP contribution in [0.3, 0.4) is 0 Å². The van der Waals surface area contributed by atoms with Crippen LogP contribution < -0.4 is 0 Å². The molecule has 0 radical (unpaired) electrons. The summed E-state index contributed by atoms with van der Waals surface area (Å²) < 4.78 is 13.1. The van der Waals surface area contributed by atoms with Crippen molar-refractivity contribution in [3.05, 3.63) is 23.5 Å². The van der Waals surface area contributed by atoms with E-state index in [0.29, 0.717) is 18.4 Å². The quantitative estimate of drug-likeness (QED) is 0.621. The van der Waals surface area contributed by atoms with Crippen LogP contribution in [0.1, 0.15) is 12.0 Å². The molecular weight excluding hydrogens is 175 g/mol. The molecule has 13 heavy (non-hydrogen) atoms. The predicted octanol–water partition coefficient (Wildman–Crippen LogP) is 1.16. The van der Waals surface area contributed by atoms with Gasteiger partial charge >= 0.3 is 0 Å². The molecule has 0 aromatic heterocycles. The summed E-state index contributed by atoms with van der Waals surface area (Å²) in [5.74, 6) is -2.01. The summed E-state index contributed by atoms with van der Waals surface area (Å²) in [5.41, 5.74) is 0.296. The minimum Gasteiger partial charge on any atom is -0.504 e. The van der Waals surface area contributed by atoms with Crippen molar-refractivity contribution >= 4 is 0 Å². The molecule has 0 amide bonds. The Morgan fingerprint density at radius 3 is 2.54 bits per heavy atom. The van der Waals surface area contributed by atoms with E-state index < -0.39 is 17.3 Å². The Morgan fingerprint density at radius 1 is 1.23 bits per heavy atom. The Kier molecular flexibility index (Phi) is 3.08. The maximum absolute atomic E-state index is 13.1. The zero-order valence-corrected chi connectivity index (χ0v) is 7.00.